The zero-order valence-electron chi connectivity index (χ0n) is 14.4. The number of sulfonamides is 1. The van der Waals surface area contributed by atoms with Gasteiger partial charge in [-0.15, -0.1) is 12.4 Å². The Hall–Kier alpha value is -1.94. The van der Waals surface area contributed by atoms with Crippen molar-refractivity contribution in [3.05, 3.63) is 47.7 Å². The lowest BCUT2D eigenvalue weighted by molar-refractivity contribution is 0.0521. The van der Waals surface area contributed by atoms with Gasteiger partial charge < -0.3 is 10.5 Å². The average molecular weight is 403 g/mol. The van der Waals surface area contributed by atoms with E-state index in [4.69, 9.17) is 10.5 Å². The lowest BCUT2D eigenvalue weighted by Crippen LogP contribution is -2.33. The topological polar surface area (TPSA) is 118 Å². The van der Waals surface area contributed by atoms with Crippen molar-refractivity contribution in [2.75, 3.05) is 19.7 Å². The van der Waals surface area contributed by atoms with E-state index in [9.17, 15) is 13.2 Å². The fourth-order valence-electron chi connectivity index (χ4n) is 2.29. The molecule has 144 valence electrons. The number of aromatic amines is 1. The standard InChI is InChI=1S/C16H22N4O4S.ClH/c1-2-24-16(21)14-11-18-19-15(14)25(22,23)20(10-6-9-17)12-13-7-4-3-5-8-13;/h3-5,7-8,11H,2,6,9-10,12,17H2,1H3,(H,18,19);1H. The maximum Gasteiger partial charge on any atom is 0.342 e. The van der Waals surface area contributed by atoms with Gasteiger partial charge in [0.25, 0.3) is 10.0 Å². The molecule has 0 aliphatic heterocycles. The minimum Gasteiger partial charge on any atom is -0.462 e. The normalized spacial score (nSPS) is 11.2. The molecule has 1 aromatic heterocycles. The minimum absolute atomic E-state index is 0. The predicted molar refractivity (Wildman–Crippen MR) is 99.5 cm³/mol. The van der Waals surface area contributed by atoms with E-state index in [0.717, 1.165) is 11.8 Å². The molecule has 0 fully saturated rings. The van der Waals surface area contributed by atoms with Crippen LogP contribution in [0.4, 0.5) is 0 Å². The van der Waals surface area contributed by atoms with Crippen molar-refractivity contribution in [1.82, 2.24) is 14.5 Å². The van der Waals surface area contributed by atoms with Crippen molar-refractivity contribution in [2.24, 2.45) is 5.73 Å². The molecule has 3 N–H and O–H groups in total. The van der Waals surface area contributed by atoms with Gasteiger partial charge >= 0.3 is 5.97 Å². The maximum absolute atomic E-state index is 13.0. The summed E-state index contributed by atoms with van der Waals surface area (Å²) in [4.78, 5) is 12.0. The summed E-state index contributed by atoms with van der Waals surface area (Å²) in [6.45, 7) is 2.55. The Morgan fingerprint density at radius 1 is 1.31 bits per heavy atom. The van der Waals surface area contributed by atoms with Gasteiger partial charge in [0.05, 0.1) is 12.8 Å². The van der Waals surface area contributed by atoms with Crippen LogP contribution in [0.5, 0.6) is 0 Å². The Kier molecular flexibility index (Phi) is 8.73. The first-order valence-electron chi connectivity index (χ1n) is 7.95. The number of benzene rings is 1. The highest BCUT2D eigenvalue weighted by Gasteiger charge is 2.31. The van der Waals surface area contributed by atoms with Gasteiger partial charge in [0.2, 0.25) is 0 Å². The van der Waals surface area contributed by atoms with Gasteiger partial charge in [0, 0.05) is 13.1 Å². The van der Waals surface area contributed by atoms with E-state index in [1.54, 1.807) is 6.92 Å². The first kappa shape index (κ1) is 22.1. The smallest absolute Gasteiger partial charge is 0.342 e. The average Bonchev–Trinajstić information content (AvgIpc) is 3.10. The summed E-state index contributed by atoms with van der Waals surface area (Å²) in [7, 11) is -3.96. The number of nitrogens with zero attached hydrogens (tertiary/aromatic N) is 2. The molecule has 10 heteroatoms. The molecule has 1 heterocycles. The van der Waals surface area contributed by atoms with Crippen molar-refractivity contribution in [3.63, 3.8) is 0 Å². The van der Waals surface area contributed by atoms with Crippen LogP contribution in [0, 0.1) is 0 Å². The zero-order chi connectivity index (χ0) is 18.3. The second kappa shape index (κ2) is 10.3. The van der Waals surface area contributed by atoms with Crippen LogP contribution in [0.15, 0.2) is 41.6 Å². The molecular weight excluding hydrogens is 380 g/mol. The summed E-state index contributed by atoms with van der Waals surface area (Å²) in [5.41, 5.74) is 6.26. The highest BCUT2D eigenvalue weighted by molar-refractivity contribution is 7.89. The largest absolute Gasteiger partial charge is 0.462 e. The maximum atomic E-state index is 13.0. The molecular formula is C16H23ClN4O4S. The van der Waals surface area contributed by atoms with Crippen LogP contribution in [-0.2, 0) is 21.3 Å². The summed E-state index contributed by atoms with van der Waals surface area (Å²) in [5, 5.41) is 5.86. The van der Waals surface area contributed by atoms with E-state index < -0.39 is 16.0 Å². The summed E-state index contributed by atoms with van der Waals surface area (Å²) in [6, 6.07) is 9.21. The Bertz CT molecular complexity index is 796. The lowest BCUT2D eigenvalue weighted by atomic mass is 10.2. The van der Waals surface area contributed by atoms with Crippen molar-refractivity contribution < 1.29 is 17.9 Å². The molecule has 0 spiro atoms. The number of H-pyrrole nitrogens is 1. The number of rotatable bonds is 9. The number of ether oxygens (including phenoxy) is 1. The molecule has 8 nitrogen and oxygen atoms in total. The molecule has 2 aromatic rings. The van der Waals surface area contributed by atoms with Crippen LogP contribution < -0.4 is 5.73 Å². The molecule has 1 aromatic carbocycles. The first-order valence-corrected chi connectivity index (χ1v) is 9.39. The summed E-state index contributed by atoms with van der Waals surface area (Å²) in [6.07, 6.45) is 1.66. The van der Waals surface area contributed by atoms with Crippen LogP contribution in [0.2, 0.25) is 0 Å². The number of nitrogens with two attached hydrogens (primary N) is 1. The Morgan fingerprint density at radius 3 is 2.62 bits per heavy atom. The van der Waals surface area contributed by atoms with Gasteiger partial charge in [-0.25, -0.2) is 13.2 Å². The molecule has 2 rings (SSSR count). The third-order valence-electron chi connectivity index (χ3n) is 3.51. The summed E-state index contributed by atoms with van der Waals surface area (Å²) < 4.78 is 32.3. The summed E-state index contributed by atoms with van der Waals surface area (Å²) in [5.74, 6) is -0.728. The van der Waals surface area contributed by atoms with Crippen LogP contribution in [0.1, 0.15) is 29.3 Å². The third-order valence-corrected chi connectivity index (χ3v) is 5.33. The van der Waals surface area contributed by atoms with Crippen molar-refractivity contribution in [3.8, 4) is 0 Å². The zero-order valence-corrected chi connectivity index (χ0v) is 16.1. The molecule has 0 saturated heterocycles. The first-order chi connectivity index (χ1) is 12.0. The van der Waals surface area contributed by atoms with E-state index in [0.29, 0.717) is 13.0 Å². The number of esters is 1. The van der Waals surface area contributed by atoms with Gasteiger partial charge in [-0.1, -0.05) is 30.3 Å². The molecule has 0 unspecified atom stereocenters. The van der Waals surface area contributed by atoms with E-state index in [1.807, 2.05) is 30.3 Å². The fraction of sp³-hybridized carbons (Fsp3) is 0.375. The van der Waals surface area contributed by atoms with Gasteiger partial charge in [-0.2, -0.15) is 9.40 Å². The quantitative estimate of drug-likeness (QED) is 0.614. The molecule has 0 bridgehead atoms. The highest BCUT2D eigenvalue weighted by Crippen LogP contribution is 2.21. The Balaban J connectivity index is 0.00000338. The van der Waals surface area contributed by atoms with E-state index in [2.05, 4.69) is 10.2 Å². The minimum atomic E-state index is -3.96. The molecule has 0 radical (unpaired) electrons. The predicted octanol–water partition coefficient (Wildman–Crippen LogP) is 1.55. The number of aromatic nitrogens is 2. The molecule has 0 atom stereocenters. The van der Waals surface area contributed by atoms with Crippen LogP contribution in [0.3, 0.4) is 0 Å². The Labute approximate surface area is 159 Å². The number of carbonyl (C=O) groups is 1. The monoisotopic (exact) mass is 402 g/mol. The van der Waals surface area contributed by atoms with Crippen LogP contribution in [-0.4, -0.2) is 48.6 Å². The van der Waals surface area contributed by atoms with Crippen molar-refractivity contribution in [1.29, 1.82) is 0 Å². The van der Waals surface area contributed by atoms with Gasteiger partial charge in [-0.3, -0.25) is 5.10 Å². The molecule has 0 amide bonds. The number of hydrogen-bond acceptors (Lipinski definition) is 6. The molecule has 0 aliphatic rings. The molecule has 26 heavy (non-hydrogen) atoms. The summed E-state index contributed by atoms with van der Waals surface area (Å²) >= 11 is 0. The fourth-order valence-corrected chi connectivity index (χ4v) is 3.82. The SMILES string of the molecule is CCOC(=O)c1cn[nH]c1S(=O)(=O)N(CCCN)Cc1ccccc1.Cl. The van der Waals surface area contributed by atoms with Crippen molar-refractivity contribution in [2.45, 2.75) is 24.9 Å². The third kappa shape index (κ3) is 5.28. The van der Waals surface area contributed by atoms with Crippen LogP contribution in [0.25, 0.3) is 0 Å². The molecule has 0 saturated carbocycles. The second-order valence-electron chi connectivity index (χ2n) is 5.30. The van der Waals surface area contributed by atoms with Gasteiger partial charge in [0.15, 0.2) is 5.03 Å². The van der Waals surface area contributed by atoms with E-state index in [1.165, 1.54) is 4.31 Å². The van der Waals surface area contributed by atoms with Gasteiger partial charge in [0.1, 0.15) is 5.56 Å². The number of nitrogens with one attached hydrogen (secondary N) is 1. The van der Waals surface area contributed by atoms with Crippen molar-refractivity contribution >= 4 is 28.4 Å². The lowest BCUT2D eigenvalue weighted by Gasteiger charge is -2.21. The Morgan fingerprint density at radius 2 is 2.00 bits per heavy atom. The van der Waals surface area contributed by atoms with E-state index >= 15 is 0 Å². The van der Waals surface area contributed by atoms with E-state index in [-0.39, 0.29) is 42.7 Å². The van der Waals surface area contributed by atoms with Gasteiger partial charge in [-0.05, 0) is 25.5 Å². The van der Waals surface area contributed by atoms with Crippen LogP contribution >= 0.6 is 12.4 Å². The second-order valence-corrected chi connectivity index (χ2v) is 7.17. The number of carbonyl (C=O) groups excluding carboxylic acids is 1. The number of halogens is 1. The highest BCUT2D eigenvalue weighted by atomic mass is 35.5. The molecule has 0 aliphatic carbocycles. The number of hydrogen-bond donors (Lipinski definition) is 2.